The number of hydrogen-bond donors (Lipinski definition) is 1. The molecule has 1 aliphatic rings. The van der Waals surface area contributed by atoms with Crippen LogP contribution in [-0.2, 0) is 11.3 Å². The maximum absolute atomic E-state index is 12.0. The van der Waals surface area contributed by atoms with Crippen molar-refractivity contribution in [2.45, 2.75) is 26.8 Å². The zero-order valence-electron chi connectivity index (χ0n) is 10.5. The summed E-state index contributed by atoms with van der Waals surface area (Å²) in [5, 5.41) is 7.12. The van der Waals surface area contributed by atoms with E-state index in [2.05, 4.69) is 23.2 Å². The molecule has 1 N–H and O–H groups in total. The molecule has 4 nitrogen and oxygen atoms in total. The number of nitrogens with zero attached hydrogens (tertiary/aromatic N) is 2. The number of hydrogen-bond acceptors (Lipinski definition) is 2. The quantitative estimate of drug-likeness (QED) is 0.834. The smallest absolute Gasteiger partial charge is 0.227 e. The Bertz CT molecular complexity index is 615. The van der Waals surface area contributed by atoms with Crippen molar-refractivity contribution in [3.8, 4) is 11.3 Å². The topological polar surface area (TPSA) is 49.0 Å². The highest BCUT2D eigenvalue weighted by Crippen LogP contribution is 2.38. The van der Waals surface area contributed by atoms with Crippen molar-refractivity contribution in [2.75, 3.05) is 4.90 Å². The first kappa shape index (κ1) is 11.0. The van der Waals surface area contributed by atoms with Crippen LogP contribution in [0.2, 0.25) is 0 Å². The van der Waals surface area contributed by atoms with Gasteiger partial charge in [-0.2, -0.15) is 5.10 Å². The maximum Gasteiger partial charge on any atom is 0.227 e. The second-order valence-electron chi connectivity index (χ2n) is 4.62. The van der Waals surface area contributed by atoms with Crippen molar-refractivity contribution in [1.29, 1.82) is 0 Å². The number of aromatic nitrogens is 2. The van der Waals surface area contributed by atoms with Crippen LogP contribution in [0, 0.1) is 6.92 Å². The molecular weight excluding hydrogens is 226 g/mol. The number of amides is 1. The number of rotatable bonds is 1. The first-order valence-corrected chi connectivity index (χ1v) is 6.14. The highest BCUT2D eigenvalue weighted by atomic mass is 16.2. The van der Waals surface area contributed by atoms with Gasteiger partial charge in [0.25, 0.3) is 0 Å². The van der Waals surface area contributed by atoms with E-state index in [0.717, 1.165) is 22.5 Å². The summed E-state index contributed by atoms with van der Waals surface area (Å²) in [7, 11) is 0. The van der Waals surface area contributed by atoms with Gasteiger partial charge in [-0.1, -0.05) is 18.6 Å². The lowest BCUT2D eigenvalue weighted by Gasteiger charge is -2.29. The molecule has 18 heavy (non-hydrogen) atoms. The lowest BCUT2D eigenvalue weighted by atomic mass is 9.98. The van der Waals surface area contributed by atoms with Crippen LogP contribution < -0.4 is 4.90 Å². The third kappa shape index (κ3) is 1.53. The predicted molar refractivity (Wildman–Crippen MR) is 70.2 cm³/mol. The van der Waals surface area contributed by atoms with Crippen molar-refractivity contribution < 1.29 is 4.79 Å². The fourth-order valence-corrected chi connectivity index (χ4v) is 2.42. The monoisotopic (exact) mass is 241 g/mol. The van der Waals surface area contributed by atoms with E-state index in [1.807, 2.05) is 24.0 Å². The fraction of sp³-hybridized carbons (Fsp3) is 0.286. The number of aromatic amines is 1. The lowest BCUT2D eigenvalue weighted by Crippen LogP contribution is -2.32. The van der Waals surface area contributed by atoms with E-state index in [4.69, 9.17) is 0 Å². The summed E-state index contributed by atoms with van der Waals surface area (Å²) in [6, 6.07) is 6.15. The standard InChI is InChI=1S/C14H15N3O/c1-3-13(18)17-8-10-7-15-16-14(10)11-6-9(2)4-5-12(11)17/h4-7H,3,8H2,1-2H3,(H,15,16). The van der Waals surface area contributed by atoms with Gasteiger partial charge in [0, 0.05) is 17.5 Å². The Morgan fingerprint density at radius 1 is 1.50 bits per heavy atom. The number of carbonyl (C=O) groups is 1. The van der Waals surface area contributed by atoms with Crippen molar-refractivity contribution >= 4 is 11.6 Å². The molecule has 1 amide bonds. The summed E-state index contributed by atoms with van der Waals surface area (Å²) in [6.45, 7) is 4.55. The second-order valence-corrected chi connectivity index (χ2v) is 4.62. The maximum atomic E-state index is 12.0. The number of anilines is 1. The van der Waals surface area contributed by atoms with Gasteiger partial charge in [-0.05, 0) is 19.1 Å². The normalized spacial score (nSPS) is 13.1. The highest BCUT2D eigenvalue weighted by Gasteiger charge is 2.26. The molecule has 4 heteroatoms. The molecule has 2 heterocycles. The average Bonchev–Trinajstić information content (AvgIpc) is 2.85. The minimum atomic E-state index is 0.145. The van der Waals surface area contributed by atoms with Gasteiger partial charge in [0.1, 0.15) is 0 Å². The van der Waals surface area contributed by atoms with Gasteiger partial charge >= 0.3 is 0 Å². The Hall–Kier alpha value is -2.10. The first-order chi connectivity index (χ1) is 8.70. The Kier molecular flexibility index (Phi) is 2.44. The van der Waals surface area contributed by atoms with E-state index in [0.29, 0.717) is 13.0 Å². The third-order valence-electron chi connectivity index (χ3n) is 3.36. The van der Waals surface area contributed by atoms with Gasteiger partial charge < -0.3 is 4.90 Å². The molecule has 0 saturated heterocycles. The molecule has 0 aliphatic carbocycles. The van der Waals surface area contributed by atoms with Crippen LogP contribution in [0.15, 0.2) is 24.4 Å². The zero-order valence-corrected chi connectivity index (χ0v) is 10.5. The van der Waals surface area contributed by atoms with Gasteiger partial charge in [-0.15, -0.1) is 0 Å². The molecule has 0 atom stereocenters. The molecule has 0 unspecified atom stereocenters. The SMILES string of the molecule is CCC(=O)N1Cc2cn[nH]c2-c2cc(C)ccc21. The molecule has 0 bridgehead atoms. The summed E-state index contributed by atoms with van der Waals surface area (Å²) < 4.78 is 0. The highest BCUT2D eigenvalue weighted by molar-refractivity contribution is 5.99. The van der Waals surface area contributed by atoms with Crippen LogP contribution in [0.25, 0.3) is 11.3 Å². The number of fused-ring (bicyclic) bond motifs is 3. The van der Waals surface area contributed by atoms with Crippen molar-refractivity contribution in [3.05, 3.63) is 35.5 Å². The predicted octanol–water partition coefficient (Wildman–Crippen LogP) is 2.64. The first-order valence-electron chi connectivity index (χ1n) is 6.14. The summed E-state index contributed by atoms with van der Waals surface area (Å²) in [6.07, 6.45) is 2.32. The van der Waals surface area contributed by atoms with Gasteiger partial charge in [0.05, 0.1) is 24.1 Å². The van der Waals surface area contributed by atoms with Crippen molar-refractivity contribution in [3.63, 3.8) is 0 Å². The van der Waals surface area contributed by atoms with Crippen molar-refractivity contribution in [2.24, 2.45) is 0 Å². The lowest BCUT2D eigenvalue weighted by molar-refractivity contribution is -0.118. The van der Waals surface area contributed by atoms with Gasteiger partial charge in [0.2, 0.25) is 5.91 Å². The van der Waals surface area contributed by atoms with Gasteiger partial charge in [-0.25, -0.2) is 0 Å². The number of carbonyl (C=O) groups excluding carboxylic acids is 1. The van der Waals surface area contributed by atoms with Crippen LogP contribution in [0.1, 0.15) is 24.5 Å². The fourth-order valence-electron chi connectivity index (χ4n) is 2.42. The van der Waals surface area contributed by atoms with Crippen LogP contribution in [-0.4, -0.2) is 16.1 Å². The minimum absolute atomic E-state index is 0.145. The van der Waals surface area contributed by atoms with E-state index in [1.54, 1.807) is 6.20 Å². The Balaban J connectivity index is 2.20. The van der Waals surface area contributed by atoms with Gasteiger partial charge in [0.15, 0.2) is 0 Å². The molecule has 0 saturated carbocycles. The molecule has 1 aliphatic heterocycles. The molecule has 1 aromatic carbocycles. The Morgan fingerprint density at radius 2 is 2.33 bits per heavy atom. The van der Waals surface area contributed by atoms with Crippen molar-refractivity contribution in [1.82, 2.24) is 10.2 Å². The summed E-state index contributed by atoms with van der Waals surface area (Å²) in [4.78, 5) is 13.9. The number of nitrogens with one attached hydrogen (secondary N) is 1. The molecule has 3 rings (SSSR count). The van der Waals surface area contributed by atoms with E-state index in [1.165, 1.54) is 5.56 Å². The Morgan fingerprint density at radius 3 is 3.11 bits per heavy atom. The van der Waals surface area contributed by atoms with E-state index < -0.39 is 0 Å². The summed E-state index contributed by atoms with van der Waals surface area (Å²) >= 11 is 0. The van der Waals surface area contributed by atoms with E-state index >= 15 is 0 Å². The van der Waals surface area contributed by atoms with Crippen LogP contribution >= 0.6 is 0 Å². The number of H-pyrrole nitrogens is 1. The Labute approximate surface area is 106 Å². The van der Waals surface area contributed by atoms with Crippen LogP contribution in [0.3, 0.4) is 0 Å². The zero-order chi connectivity index (χ0) is 12.7. The number of benzene rings is 1. The molecule has 92 valence electrons. The van der Waals surface area contributed by atoms with E-state index in [-0.39, 0.29) is 5.91 Å². The summed E-state index contributed by atoms with van der Waals surface area (Å²) in [5.74, 6) is 0.145. The van der Waals surface area contributed by atoms with E-state index in [9.17, 15) is 4.79 Å². The molecular formula is C14H15N3O. The molecule has 0 spiro atoms. The molecule has 2 aromatic rings. The molecule has 1 aromatic heterocycles. The minimum Gasteiger partial charge on any atom is -0.307 e. The number of aryl methyl sites for hydroxylation is 1. The summed E-state index contributed by atoms with van der Waals surface area (Å²) in [5.41, 5.74) is 5.34. The molecule has 0 radical (unpaired) electrons. The molecule has 0 fully saturated rings. The van der Waals surface area contributed by atoms with Crippen LogP contribution in [0.5, 0.6) is 0 Å². The largest absolute Gasteiger partial charge is 0.307 e. The average molecular weight is 241 g/mol. The van der Waals surface area contributed by atoms with Gasteiger partial charge in [-0.3, -0.25) is 9.89 Å². The second kappa shape index (κ2) is 3.98. The van der Waals surface area contributed by atoms with Crippen LogP contribution in [0.4, 0.5) is 5.69 Å². The third-order valence-corrected chi connectivity index (χ3v) is 3.36.